The number of benzene rings is 1. The molecule has 0 heterocycles. The first-order valence-electron chi connectivity index (χ1n) is 5.25. The average molecular weight is 213 g/mol. The summed E-state index contributed by atoms with van der Waals surface area (Å²) in [5, 5.41) is 0. The smallest absolute Gasteiger partial charge is 0.149 e. The first kappa shape index (κ1) is 11.4. The number of unbranched alkanes of at least 4 members (excludes halogenated alkanes) is 3. The highest BCUT2D eigenvalue weighted by Crippen LogP contribution is 2.21. The van der Waals surface area contributed by atoms with E-state index in [1.54, 1.807) is 0 Å². The van der Waals surface area contributed by atoms with Crippen molar-refractivity contribution in [1.29, 1.82) is 0 Å². The van der Waals surface area contributed by atoms with Crippen LogP contribution in [0, 0.1) is 0 Å². The van der Waals surface area contributed by atoms with Crippen LogP contribution in [0.15, 0.2) is 24.3 Å². The average Bonchev–Trinajstić information content (AvgIpc) is 2.25. The van der Waals surface area contributed by atoms with Gasteiger partial charge in [-0.15, -0.1) is 0 Å². The van der Waals surface area contributed by atoms with Crippen molar-refractivity contribution in [3.63, 3.8) is 0 Å². The van der Waals surface area contributed by atoms with E-state index in [-0.39, 0.29) is 0 Å². The predicted octanol–water partition coefficient (Wildman–Crippen LogP) is 4.34. The highest BCUT2D eigenvalue weighted by molar-refractivity contribution is 6.09. The van der Waals surface area contributed by atoms with Gasteiger partial charge in [0.1, 0.15) is 17.6 Å². The van der Waals surface area contributed by atoms with Crippen molar-refractivity contribution in [2.24, 2.45) is 0 Å². The van der Waals surface area contributed by atoms with Crippen molar-refractivity contribution >= 4 is 11.9 Å². The normalized spacial score (nSPS) is 10.1. The van der Waals surface area contributed by atoms with Gasteiger partial charge in [-0.2, -0.15) is 0 Å². The van der Waals surface area contributed by atoms with Crippen LogP contribution >= 0.6 is 11.9 Å². The maximum atomic E-state index is 5.37. The lowest BCUT2D eigenvalue weighted by molar-refractivity contribution is 0.597. The second-order valence-corrected chi connectivity index (χ2v) is 3.65. The van der Waals surface area contributed by atoms with E-state index in [0.29, 0.717) is 0 Å². The Morgan fingerprint density at radius 2 is 1.93 bits per heavy atom. The molecule has 1 aromatic rings. The molecule has 0 aromatic heterocycles. The highest BCUT2D eigenvalue weighted by Gasteiger charge is 2.01. The van der Waals surface area contributed by atoms with Gasteiger partial charge >= 0.3 is 0 Å². The summed E-state index contributed by atoms with van der Waals surface area (Å²) in [6.07, 6.45) is 6.14. The molecule has 0 saturated carbocycles. The zero-order valence-corrected chi connectivity index (χ0v) is 9.39. The fourth-order valence-corrected chi connectivity index (χ4v) is 1.68. The minimum atomic E-state index is 0.797. The van der Waals surface area contributed by atoms with Gasteiger partial charge in [-0.1, -0.05) is 44.4 Å². The number of hydrogen-bond acceptors (Lipinski definition) is 1. The second-order valence-electron chi connectivity index (χ2n) is 3.50. The van der Waals surface area contributed by atoms with Gasteiger partial charge in [-0.05, 0) is 24.5 Å². The number of aryl methyl sites for hydroxylation is 1. The Kier molecular flexibility index (Phi) is 5.46. The van der Waals surface area contributed by atoms with Gasteiger partial charge < -0.3 is 4.29 Å². The summed E-state index contributed by atoms with van der Waals surface area (Å²) in [7, 11) is 0. The van der Waals surface area contributed by atoms with Crippen LogP contribution in [-0.4, -0.2) is 0 Å². The van der Waals surface area contributed by atoms with Crippen LogP contribution in [0.25, 0.3) is 0 Å². The summed E-state index contributed by atoms with van der Waals surface area (Å²) in [5.74, 6) is 0.797. The lowest BCUT2D eigenvalue weighted by Crippen LogP contribution is -1.89. The summed E-state index contributed by atoms with van der Waals surface area (Å²) in [6.45, 7) is 2.22. The lowest BCUT2D eigenvalue weighted by atomic mass is 10.1. The quantitative estimate of drug-likeness (QED) is 0.638. The molecule has 0 fully saturated rings. The summed E-state index contributed by atoms with van der Waals surface area (Å²) < 4.78 is 4.77. The largest absolute Gasteiger partial charge is 0.385 e. The first-order valence-corrected chi connectivity index (χ1v) is 5.56. The van der Waals surface area contributed by atoms with Gasteiger partial charge in [-0.25, -0.2) is 0 Å². The standard InChI is InChI=1S/C12H17ClO/c1-2-3-4-5-8-11-9-6-7-10-12(11)14-13/h6-7,9-10H,2-5,8H2,1H3. The van der Waals surface area contributed by atoms with E-state index in [1.165, 1.54) is 31.2 Å². The van der Waals surface area contributed by atoms with Crippen molar-refractivity contribution in [3.05, 3.63) is 29.8 Å². The third-order valence-electron chi connectivity index (χ3n) is 2.36. The van der Waals surface area contributed by atoms with Crippen molar-refractivity contribution in [3.8, 4) is 5.75 Å². The zero-order valence-electron chi connectivity index (χ0n) is 8.63. The van der Waals surface area contributed by atoms with Gasteiger partial charge in [0.2, 0.25) is 0 Å². The molecular formula is C12H17ClO. The van der Waals surface area contributed by atoms with Crippen LogP contribution in [0.4, 0.5) is 0 Å². The van der Waals surface area contributed by atoms with Crippen LogP contribution in [0.2, 0.25) is 0 Å². The zero-order chi connectivity index (χ0) is 10.2. The van der Waals surface area contributed by atoms with Gasteiger partial charge in [0.05, 0.1) is 0 Å². The molecule has 0 spiro atoms. The lowest BCUT2D eigenvalue weighted by Gasteiger charge is -2.05. The fraction of sp³-hybridized carbons (Fsp3) is 0.500. The van der Waals surface area contributed by atoms with Crippen LogP contribution in [-0.2, 0) is 6.42 Å². The summed E-state index contributed by atoms with van der Waals surface area (Å²) in [5.41, 5.74) is 1.21. The van der Waals surface area contributed by atoms with Crippen LogP contribution in [0.5, 0.6) is 5.75 Å². The summed E-state index contributed by atoms with van der Waals surface area (Å²) in [6, 6.07) is 7.94. The molecule has 1 aromatic carbocycles. The highest BCUT2D eigenvalue weighted by atomic mass is 35.5. The molecule has 0 radical (unpaired) electrons. The van der Waals surface area contributed by atoms with Gasteiger partial charge in [0.25, 0.3) is 0 Å². The van der Waals surface area contributed by atoms with Crippen LogP contribution in [0.3, 0.4) is 0 Å². The summed E-state index contributed by atoms with van der Waals surface area (Å²) >= 11 is 5.37. The Morgan fingerprint density at radius 1 is 1.14 bits per heavy atom. The Labute approximate surface area is 91.2 Å². The Balaban J connectivity index is 2.41. The second kappa shape index (κ2) is 6.72. The molecule has 0 bridgehead atoms. The Morgan fingerprint density at radius 3 is 2.64 bits per heavy atom. The SMILES string of the molecule is CCCCCCc1ccccc1OCl. The van der Waals surface area contributed by atoms with E-state index in [4.69, 9.17) is 16.2 Å². The monoisotopic (exact) mass is 212 g/mol. The minimum absolute atomic E-state index is 0.797. The van der Waals surface area contributed by atoms with E-state index < -0.39 is 0 Å². The molecule has 0 aliphatic rings. The third-order valence-corrected chi connectivity index (χ3v) is 2.52. The topological polar surface area (TPSA) is 9.23 Å². The third kappa shape index (κ3) is 3.59. The molecule has 0 saturated heterocycles. The maximum Gasteiger partial charge on any atom is 0.149 e. The van der Waals surface area contributed by atoms with E-state index in [0.717, 1.165) is 12.2 Å². The molecular weight excluding hydrogens is 196 g/mol. The van der Waals surface area contributed by atoms with Crippen LogP contribution in [0.1, 0.15) is 38.2 Å². The molecule has 1 nitrogen and oxygen atoms in total. The predicted molar refractivity (Wildman–Crippen MR) is 60.8 cm³/mol. The van der Waals surface area contributed by atoms with Crippen molar-refractivity contribution in [2.45, 2.75) is 39.0 Å². The molecule has 0 amide bonds. The Bertz CT molecular complexity index is 260. The maximum absolute atomic E-state index is 5.37. The molecule has 0 atom stereocenters. The molecule has 0 unspecified atom stereocenters. The van der Waals surface area contributed by atoms with E-state index in [9.17, 15) is 0 Å². The molecule has 78 valence electrons. The number of rotatable bonds is 6. The number of hydrogen-bond donors (Lipinski definition) is 0. The van der Waals surface area contributed by atoms with Crippen LogP contribution < -0.4 is 4.29 Å². The summed E-state index contributed by atoms with van der Waals surface area (Å²) in [4.78, 5) is 0. The fourth-order valence-electron chi connectivity index (χ4n) is 1.53. The van der Waals surface area contributed by atoms with Crippen molar-refractivity contribution in [2.75, 3.05) is 0 Å². The number of para-hydroxylation sites is 1. The first-order chi connectivity index (χ1) is 6.88. The van der Waals surface area contributed by atoms with Gasteiger partial charge in [-0.3, -0.25) is 0 Å². The molecule has 0 N–H and O–H groups in total. The molecule has 2 heteroatoms. The van der Waals surface area contributed by atoms with Crippen molar-refractivity contribution in [1.82, 2.24) is 0 Å². The van der Waals surface area contributed by atoms with E-state index >= 15 is 0 Å². The van der Waals surface area contributed by atoms with Crippen molar-refractivity contribution < 1.29 is 4.29 Å². The number of halogens is 1. The molecule has 0 aliphatic carbocycles. The van der Waals surface area contributed by atoms with Gasteiger partial charge in [0, 0.05) is 0 Å². The van der Waals surface area contributed by atoms with E-state index in [2.05, 4.69) is 13.0 Å². The Hall–Kier alpha value is -0.690. The molecule has 1 rings (SSSR count). The molecule has 14 heavy (non-hydrogen) atoms. The minimum Gasteiger partial charge on any atom is -0.385 e. The van der Waals surface area contributed by atoms with Gasteiger partial charge in [0.15, 0.2) is 0 Å². The molecule has 0 aliphatic heterocycles. The van der Waals surface area contributed by atoms with E-state index in [1.807, 2.05) is 18.2 Å².